The fraction of sp³-hybridized carbons (Fsp3) is 0.364. The standard InChI is InChI=1S/C22H25N3O3.ClH/c1-26-16-22(11-13-23-14-12-22)21-24-20(25-28-21)18-7-9-19(10-8-18)27-15-17-5-3-2-4-6-17;/h2-10,23H,11-16H2,1H3;1H. The highest BCUT2D eigenvalue weighted by molar-refractivity contribution is 5.85. The number of nitrogens with one attached hydrogen (secondary N) is 1. The highest BCUT2D eigenvalue weighted by Gasteiger charge is 2.39. The highest BCUT2D eigenvalue weighted by atomic mass is 35.5. The molecule has 6 nitrogen and oxygen atoms in total. The van der Waals surface area contributed by atoms with Crippen LogP contribution in [-0.4, -0.2) is 36.9 Å². The monoisotopic (exact) mass is 415 g/mol. The van der Waals surface area contributed by atoms with Crippen molar-refractivity contribution in [2.45, 2.75) is 24.9 Å². The van der Waals surface area contributed by atoms with Gasteiger partial charge in [-0.15, -0.1) is 12.4 Å². The van der Waals surface area contributed by atoms with Crippen LogP contribution in [0.5, 0.6) is 5.75 Å². The minimum absolute atomic E-state index is 0. The minimum atomic E-state index is -0.204. The van der Waals surface area contributed by atoms with E-state index in [0.717, 1.165) is 42.8 Å². The van der Waals surface area contributed by atoms with Crippen LogP contribution < -0.4 is 10.1 Å². The van der Waals surface area contributed by atoms with Crippen LogP contribution in [0.4, 0.5) is 0 Å². The lowest BCUT2D eigenvalue weighted by molar-refractivity contribution is 0.0850. The number of nitrogens with zero attached hydrogens (tertiary/aromatic N) is 2. The lowest BCUT2D eigenvalue weighted by atomic mass is 9.79. The van der Waals surface area contributed by atoms with E-state index in [1.165, 1.54) is 0 Å². The van der Waals surface area contributed by atoms with Gasteiger partial charge >= 0.3 is 0 Å². The Bertz CT molecular complexity index is 872. The summed E-state index contributed by atoms with van der Waals surface area (Å²) >= 11 is 0. The summed E-state index contributed by atoms with van der Waals surface area (Å²) in [5.74, 6) is 2.07. The van der Waals surface area contributed by atoms with Crippen LogP contribution in [0.3, 0.4) is 0 Å². The first kappa shape index (κ1) is 21.3. The number of rotatable bonds is 7. The Morgan fingerprint density at radius 1 is 1.03 bits per heavy atom. The van der Waals surface area contributed by atoms with Crippen LogP contribution in [0.25, 0.3) is 11.4 Å². The topological polar surface area (TPSA) is 69.4 Å². The lowest BCUT2D eigenvalue weighted by Crippen LogP contribution is -2.43. The van der Waals surface area contributed by atoms with Crippen LogP contribution in [0, 0.1) is 0 Å². The molecule has 0 saturated carbocycles. The van der Waals surface area contributed by atoms with Crippen LogP contribution in [0.1, 0.15) is 24.3 Å². The summed E-state index contributed by atoms with van der Waals surface area (Å²) in [5.41, 5.74) is 1.84. The van der Waals surface area contributed by atoms with Crippen LogP contribution in [-0.2, 0) is 16.8 Å². The average Bonchev–Trinajstić information content (AvgIpc) is 3.25. The molecule has 0 bridgehead atoms. The second-order valence-corrected chi connectivity index (χ2v) is 7.19. The Morgan fingerprint density at radius 2 is 1.76 bits per heavy atom. The smallest absolute Gasteiger partial charge is 0.235 e. The van der Waals surface area contributed by atoms with E-state index in [1.54, 1.807) is 7.11 Å². The summed E-state index contributed by atoms with van der Waals surface area (Å²) < 4.78 is 17.0. The Balaban J connectivity index is 0.00000240. The minimum Gasteiger partial charge on any atom is -0.489 e. The molecule has 1 aromatic heterocycles. The maximum absolute atomic E-state index is 5.84. The first-order valence-corrected chi connectivity index (χ1v) is 9.60. The van der Waals surface area contributed by atoms with E-state index in [4.69, 9.17) is 19.0 Å². The molecule has 29 heavy (non-hydrogen) atoms. The van der Waals surface area contributed by atoms with Gasteiger partial charge in [0.25, 0.3) is 0 Å². The number of methoxy groups -OCH3 is 1. The molecule has 1 aliphatic heterocycles. The number of ether oxygens (including phenoxy) is 2. The predicted molar refractivity (Wildman–Crippen MR) is 113 cm³/mol. The normalized spacial score (nSPS) is 15.5. The molecule has 0 unspecified atom stereocenters. The van der Waals surface area contributed by atoms with E-state index in [2.05, 4.69) is 10.5 Å². The zero-order chi connectivity index (χ0) is 19.2. The Kier molecular flexibility index (Phi) is 7.25. The molecule has 1 saturated heterocycles. The van der Waals surface area contributed by atoms with Crippen LogP contribution in [0.2, 0.25) is 0 Å². The van der Waals surface area contributed by atoms with Crippen molar-refractivity contribution in [1.29, 1.82) is 0 Å². The van der Waals surface area contributed by atoms with Gasteiger partial charge in [-0.1, -0.05) is 35.5 Å². The lowest BCUT2D eigenvalue weighted by Gasteiger charge is -2.33. The first-order chi connectivity index (χ1) is 13.8. The SMILES string of the molecule is COCC1(c2nc(-c3ccc(OCc4ccccc4)cc3)no2)CCNCC1.Cl. The molecule has 0 atom stereocenters. The molecule has 2 aromatic carbocycles. The van der Waals surface area contributed by atoms with Gasteiger partial charge in [0.15, 0.2) is 0 Å². The fourth-order valence-corrected chi connectivity index (χ4v) is 3.60. The Morgan fingerprint density at radius 3 is 2.45 bits per heavy atom. The van der Waals surface area contributed by atoms with Crippen molar-refractivity contribution in [3.8, 4) is 17.1 Å². The number of halogens is 1. The summed E-state index contributed by atoms with van der Waals surface area (Å²) in [6.07, 6.45) is 1.85. The van der Waals surface area contributed by atoms with Crippen molar-refractivity contribution in [3.05, 3.63) is 66.1 Å². The van der Waals surface area contributed by atoms with Gasteiger partial charge in [0.05, 0.1) is 12.0 Å². The molecule has 1 fully saturated rings. The molecule has 3 aromatic rings. The van der Waals surface area contributed by atoms with E-state index in [0.29, 0.717) is 24.9 Å². The largest absolute Gasteiger partial charge is 0.489 e. The van der Waals surface area contributed by atoms with Gasteiger partial charge in [-0.05, 0) is 55.8 Å². The number of hydrogen-bond acceptors (Lipinski definition) is 6. The van der Waals surface area contributed by atoms with Crippen LogP contribution in [0.15, 0.2) is 59.1 Å². The number of hydrogen-bond donors (Lipinski definition) is 1. The Hall–Kier alpha value is -2.41. The van der Waals surface area contributed by atoms with E-state index >= 15 is 0 Å². The van der Waals surface area contributed by atoms with Gasteiger partial charge < -0.3 is 19.3 Å². The van der Waals surface area contributed by atoms with E-state index in [-0.39, 0.29) is 17.8 Å². The molecule has 2 heterocycles. The van der Waals surface area contributed by atoms with Crippen molar-refractivity contribution in [2.75, 3.05) is 26.8 Å². The molecular formula is C22H26ClN3O3. The summed E-state index contributed by atoms with van der Waals surface area (Å²) in [4.78, 5) is 4.69. The molecule has 1 N–H and O–H groups in total. The third-order valence-corrected chi connectivity index (χ3v) is 5.22. The van der Waals surface area contributed by atoms with Crippen molar-refractivity contribution in [3.63, 3.8) is 0 Å². The second kappa shape index (κ2) is 9.87. The predicted octanol–water partition coefficient (Wildman–Crippen LogP) is 4.01. The molecule has 0 amide bonds. The van der Waals surface area contributed by atoms with Gasteiger partial charge in [-0.3, -0.25) is 0 Å². The summed E-state index contributed by atoms with van der Waals surface area (Å²) in [6.45, 7) is 2.98. The third kappa shape index (κ3) is 4.96. The molecule has 154 valence electrons. The zero-order valence-corrected chi connectivity index (χ0v) is 17.3. The molecule has 4 rings (SSSR count). The molecule has 0 spiro atoms. The van der Waals surface area contributed by atoms with Gasteiger partial charge in [0, 0.05) is 12.7 Å². The van der Waals surface area contributed by atoms with E-state index in [1.807, 2.05) is 54.6 Å². The third-order valence-electron chi connectivity index (χ3n) is 5.22. The molecule has 0 aliphatic carbocycles. The van der Waals surface area contributed by atoms with Gasteiger partial charge in [-0.2, -0.15) is 4.98 Å². The maximum atomic E-state index is 5.84. The fourth-order valence-electron chi connectivity index (χ4n) is 3.60. The average molecular weight is 416 g/mol. The number of benzene rings is 2. The van der Waals surface area contributed by atoms with E-state index in [9.17, 15) is 0 Å². The number of piperidine rings is 1. The Labute approximate surface area is 177 Å². The summed E-state index contributed by atoms with van der Waals surface area (Å²) in [7, 11) is 1.72. The van der Waals surface area contributed by atoms with Gasteiger partial charge in [0.2, 0.25) is 11.7 Å². The molecule has 1 aliphatic rings. The zero-order valence-electron chi connectivity index (χ0n) is 16.5. The molecule has 7 heteroatoms. The quantitative estimate of drug-likeness (QED) is 0.628. The molecular weight excluding hydrogens is 390 g/mol. The summed E-state index contributed by atoms with van der Waals surface area (Å²) in [5, 5.41) is 7.59. The van der Waals surface area contributed by atoms with Crippen molar-refractivity contribution in [2.24, 2.45) is 0 Å². The van der Waals surface area contributed by atoms with Crippen molar-refractivity contribution >= 4 is 12.4 Å². The van der Waals surface area contributed by atoms with E-state index < -0.39 is 0 Å². The van der Waals surface area contributed by atoms with Crippen molar-refractivity contribution < 1.29 is 14.0 Å². The summed E-state index contributed by atoms with van der Waals surface area (Å²) in [6, 6.07) is 17.9. The van der Waals surface area contributed by atoms with Gasteiger partial charge in [-0.25, -0.2) is 0 Å². The van der Waals surface area contributed by atoms with Crippen molar-refractivity contribution in [1.82, 2.24) is 15.5 Å². The molecule has 0 radical (unpaired) electrons. The maximum Gasteiger partial charge on any atom is 0.235 e. The van der Waals surface area contributed by atoms with Gasteiger partial charge in [0.1, 0.15) is 12.4 Å². The van der Waals surface area contributed by atoms with Crippen LogP contribution >= 0.6 is 12.4 Å². The second-order valence-electron chi connectivity index (χ2n) is 7.19. The number of aromatic nitrogens is 2. The highest BCUT2D eigenvalue weighted by Crippen LogP contribution is 2.34. The first-order valence-electron chi connectivity index (χ1n) is 9.60.